The summed E-state index contributed by atoms with van der Waals surface area (Å²) in [7, 11) is 6.88. The monoisotopic (exact) mass is 492 g/mol. The Hall–Kier alpha value is -0.720. The van der Waals surface area contributed by atoms with E-state index in [2.05, 4.69) is 0 Å². The zero-order chi connectivity index (χ0) is 25.4. The third-order valence-corrected chi connectivity index (χ3v) is 5.22. The van der Waals surface area contributed by atoms with Crippen molar-refractivity contribution in [3.63, 3.8) is 0 Å². The summed E-state index contributed by atoms with van der Waals surface area (Å²) in [5.74, 6) is -7.09. The van der Waals surface area contributed by atoms with Crippen LogP contribution in [0.4, 0.5) is 0 Å². The number of hydrogen-bond donors (Lipinski definition) is 6. The first-order valence-corrected chi connectivity index (χ1v) is 9.42. The third-order valence-electron chi connectivity index (χ3n) is 5.22. The second kappa shape index (κ2) is 12.8. The number of hydroxylamine groups is 6. The van der Waals surface area contributed by atoms with E-state index in [0.29, 0.717) is 0 Å². The van der Waals surface area contributed by atoms with Gasteiger partial charge in [-0.15, -0.1) is 0 Å². The maximum atomic E-state index is 10.1. The molecule has 6 N–H and O–H groups in total. The van der Waals surface area contributed by atoms with Crippen LogP contribution in [0.25, 0.3) is 0 Å². The van der Waals surface area contributed by atoms with Gasteiger partial charge in [0.2, 0.25) is 0 Å². The van der Waals surface area contributed by atoms with Crippen LogP contribution in [0.3, 0.4) is 0 Å². The van der Waals surface area contributed by atoms with Crippen molar-refractivity contribution in [2.45, 2.75) is 17.9 Å². The summed E-state index contributed by atoms with van der Waals surface area (Å²) in [5, 5.41) is 63.0. The molecular formula is C15H36N6O12. The van der Waals surface area contributed by atoms with Crippen LogP contribution in [-0.2, 0) is 28.7 Å². The smallest absolute Gasteiger partial charge is 0.301 e. The van der Waals surface area contributed by atoms with Crippen LogP contribution in [0.15, 0.2) is 0 Å². The van der Waals surface area contributed by atoms with Gasteiger partial charge in [-0.2, -0.15) is 14.7 Å². The molecule has 0 radical (unpaired) electrons. The first kappa shape index (κ1) is 30.3. The minimum absolute atomic E-state index is 0.816. The molecule has 0 aromatic rings. The number of aliphatic hydroxyl groups excluding tert-OH is 6. The highest BCUT2D eigenvalue weighted by atomic mass is 16.9. The molecule has 18 nitrogen and oxygen atoms in total. The number of rotatable bonds is 15. The van der Waals surface area contributed by atoms with Gasteiger partial charge < -0.3 is 44.8 Å². The van der Waals surface area contributed by atoms with E-state index in [1.54, 1.807) is 0 Å². The van der Waals surface area contributed by atoms with E-state index in [4.69, 9.17) is 28.7 Å². The van der Waals surface area contributed by atoms with Crippen molar-refractivity contribution < 1.29 is 59.4 Å². The summed E-state index contributed by atoms with van der Waals surface area (Å²) in [4.78, 5) is 19.2. The van der Waals surface area contributed by atoms with E-state index in [9.17, 15) is 30.6 Å². The van der Waals surface area contributed by atoms with Gasteiger partial charge in [-0.3, -0.25) is 14.5 Å². The molecule has 0 spiro atoms. The highest BCUT2D eigenvalue weighted by Crippen LogP contribution is 2.50. The lowest BCUT2D eigenvalue weighted by Gasteiger charge is -2.69. The van der Waals surface area contributed by atoms with E-state index in [1.807, 2.05) is 0 Å². The first-order chi connectivity index (χ1) is 15.8. The standard InChI is InChI=1S/C15H36N6O12/c1-28-13(16(7-22)8-23)19(31-4)14(29-2,17(9-24)10-25)21(33-6)15(30-3,20(13)32-5)18(11-26)12-27/h22-27H,7-12H2,1-6H3. The summed E-state index contributed by atoms with van der Waals surface area (Å²) < 4.78 is 17.1. The van der Waals surface area contributed by atoms with Crippen molar-refractivity contribution in [3.05, 3.63) is 0 Å². The molecule has 0 bridgehead atoms. The Kier molecular flexibility index (Phi) is 11.8. The maximum absolute atomic E-state index is 10.1. The lowest BCUT2D eigenvalue weighted by molar-refractivity contribution is -0.678. The van der Waals surface area contributed by atoms with Gasteiger partial charge in [0.15, 0.2) is 0 Å². The Morgan fingerprint density at radius 1 is 0.455 bits per heavy atom. The summed E-state index contributed by atoms with van der Waals surface area (Å²) in [5.41, 5.74) is 0. The van der Waals surface area contributed by atoms with Crippen molar-refractivity contribution in [2.75, 3.05) is 83.0 Å². The number of ether oxygens (including phenoxy) is 3. The van der Waals surface area contributed by atoms with Gasteiger partial charge in [0.05, 0.1) is 21.3 Å². The van der Waals surface area contributed by atoms with Gasteiger partial charge in [0, 0.05) is 21.3 Å². The van der Waals surface area contributed by atoms with Crippen LogP contribution in [-0.4, -0.2) is 161 Å². The Labute approximate surface area is 191 Å². The molecule has 0 amide bonds. The summed E-state index contributed by atoms with van der Waals surface area (Å²) >= 11 is 0. The van der Waals surface area contributed by atoms with Crippen LogP contribution in [0.5, 0.6) is 0 Å². The quantitative estimate of drug-likeness (QED) is 0.119. The molecule has 198 valence electrons. The second-order valence-corrected chi connectivity index (χ2v) is 6.23. The fraction of sp³-hybridized carbons (Fsp3) is 1.00. The lowest BCUT2D eigenvalue weighted by atomic mass is 10.3. The maximum Gasteiger partial charge on any atom is 0.301 e. The molecule has 18 heteroatoms. The number of methoxy groups -OCH3 is 3. The zero-order valence-corrected chi connectivity index (χ0v) is 19.6. The molecule has 1 rings (SSSR count). The predicted octanol–water partition coefficient (Wildman–Crippen LogP) is -5.03. The van der Waals surface area contributed by atoms with Crippen LogP contribution in [0.1, 0.15) is 0 Å². The Balaban J connectivity index is 4.33. The molecule has 33 heavy (non-hydrogen) atoms. The Bertz CT molecular complexity index is 479. The topological polar surface area (TPSA) is 196 Å². The van der Waals surface area contributed by atoms with Gasteiger partial charge in [-0.25, -0.2) is 0 Å². The molecule has 0 saturated carbocycles. The molecule has 1 heterocycles. The van der Waals surface area contributed by atoms with E-state index in [-0.39, 0.29) is 0 Å². The van der Waals surface area contributed by atoms with Gasteiger partial charge in [-0.1, -0.05) is 15.2 Å². The molecule has 1 fully saturated rings. The summed E-state index contributed by atoms with van der Waals surface area (Å²) in [6.07, 6.45) is 0. The van der Waals surface area contributed by atoms with E-state index >= 15 is 0 Å². The van der Waals surface area contributed by atoms with E-state index < -0.39 is 58.3 Å². The number of nitrogens with zero attached hydrogens (tertiary/aromatic N) is 6. The van der Waals surface area contributed by atoms with Crippen molar-refractivity contribution >= 4 is 0 Å². The molecule has 0 aromatic heterocycles. The first-order valence-electron chi connectivity index (χ1n) is 9.42. The minimum atomic E-state index is -2.36. The molecule has 0 aromatic carbocycles. The van der Waals surface area contributed by atoms with E-state index in [1.165, 1.54) is 0 Å². The summed E-state index contributed by atoms with van der Waals surface area (Å²) in [6, 6.07) is 0. The second-order valence-electron chi connectivity index (χ2n) is 6.23. The van der Waals surface area contributed by atoms with Crippen molar-refractivity contribution in [1.82, 2.24) is 29.9 Å². The molecule has 1 aliphatic rings. The Morgan fingerprint density at radius 2 is 0.636 bits per heavy atom. The SMILES string of the molecule is CON1C(OC)(N(CO)CO)N(OC)C(OC)(N(CO)CO)N(OC)C1(OC)N(CO)CO. The van der Waals surface area contributed by atoms with Crippen LogP contribution >= 0.6 is 0 Å². The zero-order valence-electron chi connectivity index (χ0n) is 19.6. The lowest BCUT2D eigenvalue weighted by Crippen LogP contribution is -2.95. The van der Waals surface area contributed by atoms with Crippen molar-refractivity contribution in [2.24, 2.45) is 0 Å². The molecule has 1 saturated heterocycles. The van der Waals surface area contributed by atoms with Crippen LogP contribution in [0.2, 0.25) is 0 Å². The van der Waals surface area contributed by atoms with Gasteiger partial charge >= 0.3 is 17.9 Å². The fourth-order valence-electron chi connectivity index (χ4n) is 3.87. The van der Waals surface area contributed by atoms with Crippen molar-refractivity contribution in [1.29, 1.82) is 0 Å². The molecule has 0 unspecified atom stereocenters. The largest absolute Gasteiger partial charge is 0.381 e. The van der Waals surface area contributed by atoms with Gasteiger partial charge in [-0.05, 0) is 0 Å². The van der Waals surface area contributed by atoms with Crippen LogP contribution < -0.4 is 0 Å². The third kappa shape index (κ3) is 4.16. The molecular weight excluding hydrogens is 456 g/mol. The highest BCUT2D eigenvalue weighted by molar-refractivity contribution is 4.95. The normalized spacial score (nSPS) is 30.3. The van der Waals surface area contributed by atoms with Gasteiger partial charge in [0.25, 0.3) is 0 Å². The van der Waals surface area contributed by atoms with Crippen LogP contribution in [0, 0.1) is 0 Å². The summed E-state index contributed by atoms with van der Waals surface area (Å²) in [6.45, 7) is -5.29. The molecule has 1 aliphatic heterocycles. The fourth-order valence-corrected chi connectivity index (χ4v) is 3.87. The van der Waals surface area contributed by atoms with Crippen molar-refractivity contribution in [3.8, 4) is 0 Å². The average molecular weight is 492 g/mol. The highest BCUT2D eigenvalue weighted by Gasteiger charge is 2.78. The number of aliphatic hydroxyl groups is 6. The molecule has 0 atom stereocenters. The predicted molar refractivity (Wildman–Crippen MR) is 104 cm³/mol. The Morgan fingerprint density at radius 3 is 0.727 bits per heavy atom. The van der Waals surface area contributed by atoms with E-state index in [0.717, 1.165) is 72.5 Å². The number of hydrogen-bond acceptors (Lipinski definition) is 18. The van der Waals surface area contributed by atoms with Gasteiger partial charge in [0.1, 0.15) is 40.4 Å². The minimum Gasteiger partial charge on any atom is -0.381 e. The molecule has 0 aliphatic carbocycles. The average Bonchev–Trinajstić information content (AvgIpc) is 2.85.